The molecule has 0 aliphatic rings. The molecule has 4 aromatic rings. The minimum atomic E-state index is -0.0938. The number of amides is 1. The first-order valence-electron chi connectivity index (χ1n) is 10.3. The average Bonchev–Trinajstić information content (AvgIpc) is 3.38. The number of anilines is 1. The maximum Gasteiger partial charge on any atom is 0.234 e. The number of nitrogens with one attached hydrogen (secondary N) is 1. The van der Waals surface area contributed by atoms with Crippen molar-refractivity contribution in [2.75, 3.05) is 11.1 Å². The molecule has 8 heteroatoms. The maximum absolute atomic E-state index is 12.5. The molecule has 4 rings (SSSR count). The zero-order chi connectivity index (χ0) is 23.4. The summed E-state index contributed by atoms with van der Waals surface area (Å²) >= 11 is 6.47. The van der Waals surface area contributed by atoms with Crippen molar-refractivity contribution in [3.63, 3.8) is 0 Å². The van der Waals surface area contributed by atoms with Crippen LogP contribution < -0.4 is 5.32 Å². The highest BCUT2D eigenvalue weighted by molar-refractivity contribution is 9.10. The predicted octanol–water partition coefficient (Wildman–Crippen LogP) is 6.97. The molecule has 168 valence electrons. The zero-order valence-corrected chi connectivity index (χ0v) is 21.6. The van der Waals surface area contributed by atoms with E-state index >= 15 is 0 Å². The fourth-order valence-corrected chi connectivity index (χ4v) is 5.32. The number of hydrogen-bond acceptors (Lipinski definition) is 5. The molecule has 2 aromatic heterocycles. The fourth-order valence-electron chi connectivity index (χ4n) is 3.45. The zero-order valence-electron chi connectivity index (χ0n) is 18.3. The Bertz CT molecular complexity index is 1280. The molecule has 33 heavy (non-hydrogen) atoms. The topological polar surface area (TPSA) is 59.8 Å². The molecule has 0 saturated heterocycles. The van der Waals surface area contributed by atoms with Gasteiger partial charge < -0.3 is 5.32 Å². The second-order valence-corrected chi connectivity index (χ2v) is 10.4. The first-order chi connectivity index (χ1) is 16.0. The van der Waals surface area contributed by atoms with Crippen LogP contribution in [0.1, 0.15) is 10.4 Å². The molecule has 0 saturated carbocycles. The summed E-state index contributed by atoms with van der Waals surface area (Å²) in [5.74, 6) is 0.924. The molecule has 5 nitrogen and oxygen atoms in total. The monoisotopic (exact) mass is 538 g/mol. The van der Waals surface area contributed by atoms with Gasteiger partial charge in [0.15, 0.2) is 11.0 Å². The summed E-state index contributed by atoms with van der Waals surface area (Å²) in [6.45, 7) is 8.67. The third kappa shape index (κ3) is 5.46. The second-order valence-electron chi connectivity index (χ2n) is 7.50. The Labute approximate surface area is 210 Å². The van der Waals surface area contributed by atoms with E-state index in [1.54, 1.807) is 11.3 Å². The van der Waals surface area contributed by atoms with Gasteiger partial charge in [-0.3, -0.25) is 9.36 Å². The van der Waals surface area contributed by atoms with Gasteiger partial charge in [-0.05, 0) is 43.7 Å². The molecule has 0 spiro atoms. The molecular weight excluding hydrogens is 516 g/mol. The van der Waals surface area contributed by atoms with Crippen LogP contribution in [0.4, 0.5) is 5.69 Å². The van der Waals surface area contributed by atoms with E-state index in [-0.39, 0.29) is 11.7 Å². The number of thioether (sulfide) groups is 1. The second kappa shape index (κ2) is 10.5. The lowest BCUT2D eigenvalue weighted by Crippen LogP contribution is -2.14. The van der Waals surface area contributed by atoms with Crippen LogP contribution in [-0.2, 0) is 11.3 Å². The Balaban J connectivity index is 1.57. The Kier molecular flexibility index (Phi) is 7.47. The average molecular weight is 540 g/mol. The summed E-state index contributed by atoms with van der Waals surface area (Å²) in [6, 6.07) is 16.0. The Morgan fingerprint density at radius 1 is 1.15 bits per heavy atom. The SMILES string of the molecule is C=CCn1c(SCC(=O)Nc2ccc(Br)cc2)nnc1-c1csc(C)c1-c1ccc(C)cc1. The quantitative estimate of drug-likeness (QED) is 0.194. The lowest BCUT2D eigenvalue weighted by Gasteiger charge is -2.10. The molecular formula is C25H23BrN4OS2. The van der Waals surface area contributed by atoms with Crippen molar-refractivity contribution in [1.82, 2.24) is 14.8 Å². The van der Waals surface area contributed by atoms with Gasteiger partial charge in [0.05, 0.1) is 5.75 Å². The number of rotatable bonds is 8. The summed E-state index contributed by atoms with van der Waals surface area (Å²) in [4.78, 5) is 13.7. The van der Waals surface area contributed by atoms with Crippen molar-refractivity contribution in [1.29, 1.82) is 0 Å². The smallest absolute Gasteiger partial charge is 0.234 e. The van der Waals surface area contributed by atoms with Crippen molar-refractivity contribution < 1.29 is 4.79 Å². The number of aryl methyl sites for hydroxylation is 2. The van der Waals surface area contributed by atoms with Crippen LogP contribution in [0.25, 0.3) is 22.5 Å². The third-order valence-electron chi connectivity index (χ3n) is 5.04. The van der Waals surface area contributed by atoms with Gasteiger partial charge in [-0.1, -0.05) is 63.6 Å². The fraction of sp³-hybridized carbons (Fsp3) is 0.160. The number of carbonyl (C=O) groups excluding carboxylic acids is 1. The first-order valence-corrected chi connectivity index (χ1v) is 13.0. The van der Waals surface area contributed by atoms with Gasteiger partial charge in [-0.15, -0.1) is 28.1 Å². The van der Waals surface area contributed by atoms with Crippen LogP contribution >= 0.6 is 39.0 Å². The van der Waals surface area contributed by atoms with Crippen molar-refractivity contribution in [3.05, 3.63) is 81.5 Å². The van der Waals surface area contributed by atoms with Crippen LogP contribution in [0.5, 0.6) is 0 Å². The summed E-state index contributed by atoms with van der Waals surface area (Å²) < 4.78 is 2.98. The number of hydrogen-bond donors (Lipinski definition) is 1. The Morgan fingerprint density at radius 2 is 1.88 bits per heavy atom. The third-order valence-corrected chi connectivity index (χ3v) is 7.45. The van der Waals surface area contributed by atoms with Gasteiger partial charge in [-0.2, -0.15) is 0 Å². The van der Waals surface area contributed by atoms with E-state index in [0.717, 1.165) is 27.1 Å². The number of carbonyl (C=O) groups is 1. The van der Waals surface area contributed by atoms with E-state index in [0.29, 0.717) is 11.7 Å². The van der Waals surface area contributed by atoms with Gasteiger partial charge in [0.1, 0.15) is 0 Å². The van der Waals surface area contributed by atoms with E-state index in [9.17, 15) is 4.79 Å². The number of nitrogens with zero attached hydrogens (tertiary/aromatic N) is 3. The van der Waals surface area contributed by atoms with Crippen LogP contribution in [0.2, 0.25) is 0 Å². The standard InChI is InChI=1S/C25H23BrN4OS2/c1-4-13-30-24(21-14-32-17(3)23(21)18-7-5-16(2)6-8-18)28-29-25(30)33-15-22(31)27-20-11-9-19(26)10-12-20/h4-12,14H,1,13,15H2,2-3H3,(H,27,31). The molecule has 2 aromatic carbocycles. The lowest BCUT2D eigenvalue weighted by molar-refractivity contribution is -0.113. The molecule has 0 radical (unpaired) electrons. The summed E-state index contributed by atoms with van der Waals surface area (Å²) in [7, 11) is 0. The van der Waals surface area contributed by atoms with Gasteiger partial charge in [-0.25, -0.2) is 0 Å². The van der Waals surface area contributed by atoms with Crippen molar-refractivity contribution in [3.8, 4) is 22.5 Å². The highest BCUT2D eigenvalue weighted by Gasteiger charge is 2.20. The largest absolute Gasteiger partial charge is 0.325 e. The minimum absolute atomic E-state index is 0.0938. The van der Waals surface area contributed by atoms with Crippen LogP contribution in [0.3, 0.4) is 0 Å². The first kappa shape index (κ1) is 23.5. The van der Waals surface area contributed by atoms with Gasteiger partial charge in [0.25, 0.3) is 0 Å². The van der Waals surface area contributed by atoms with Gasteiger partial charge in [0.2, 0.25) is 5.91 Å². The molecule has 0 unspecified atom stereocenters. The van der Waals surface area contributed by atoms with E-state index in [1.165, 1.54) is 27.8 Å². The summed E-state index contributed by atoms with van der Waals surface area (Å²) in [5, 5.41) is 14.6. The van der Waals surface area contributed by atoms with Gasteiger partial charge >= 0.3 is 0 Å². The van der Waals surface area contributed by atoms with Gasteiger partial charge in [0, 0.05) is 38.1 Å². The maximum atomic E-state index is 12.5. The molecule has 0 atom stereocenters. The van der Waals surface area contributed by atoms with Crippen LogP contribution in [0.15, 0.2) is 76.2 Å². The van der Waals surface area contributed by atoms with E-state index in [4.69, 9.17) is 0 Å². The molecule has 0 bridgehead atoms. The molecule has 2 heterocycles. The molecule has 0 aliphatic carbocycles. The van der Waals surface area contributed by atoms with E-state index in [1.807, 2.05) is 34.9 Å². The number of halogens is 1. The summed E-state index contributed by atoms with van der Waals surface area (Å²) in [5.41, 5.74) is 5.35. The van der Waals surface area contributed by atoms with Crippen molar-refractivity contribution >= 4 is 50.6 Å². The van der Waals surface area contributed by atoms with E-state index < -0.39 is 0 Å². The normalized spacial score (nSPS) is 10.9. The summed E-state index contributed by atoms with van der Waals surface area (Å²) in [6.07, 6.45) is 1.82. The minimum Gasteiger partial charge on any atom is -0.325 e. The highest BCUT2D eigenvalue weighted by atomic mass is 79.9. The number of thiophene rings is 1. The highest BCUT2D eigenvalue weighted by Crippen LogP contribution is 2.39. The number of aromatic nitrogens is 3. The lowest BCUT2D eigenvalue weighted by atomic mass is 10.0. The molecule has 1 amide bonds. The predicted molar refractivity (Wildman–Crippen MR) is 142 cm³/mol. The van der Waals surface area contributed by atoms with Crippen LogP contribution in [0, 0.1) is 13.8 Å². The number of allylic oxidation sites excluding steroid dienone is 1. The Morgan fingerprint density at radius 3 is 2.58 bits per heavy atom. The van der Waals surface area contributed by atoms with Crippen LogP contribution in [-0.4, -0.2) is 26.4 Å². The van der Waals surface area contributed by atoms with Crippen molar-refractivity contribution in [2.45, 2.75) is 25.5 Å². The Hall–Kier alpha value is -2.68. The van der Waals surface area contributed by atoms with Crippen molar-refractivity contribution in [2.24, 2.45) is 0 Å². The van der Waals surface area contributed by atoms with E-state index in [2.05, 4.69) is 81.5 Å². The molecule has 1 N–H and O–H groups in total. The molecule has 0 fully saturated rings. The number of benzene rings is 2. The molecule has 0 aliphatic heterocycles.